The lowest BCUT2D eigenvalue weighted by molar-refractivity contribution is 0.179. The van der Waals surface area contributed by atoms with Gasteiger partial charge in [0.25, 0.3) is 0 Å². The molecule has 5 heteroatoms. The number of benzene rings is 3. The highest BCUT2D eigenvalue weighted by Crippen LogP contribution is 2.32. The molecule has 3 aromatic rings. The van der Waals surface area contributed by atoms with E-state index in [2.05, 4.69) is 30.6 Å². The molecule has 0 aliphatic rings. The molecule has 2 atom stereocenters. The van der Waals surface area contributed by atoms with Crippen molar-refractivity contribution in [1.82, 2.24) is 0 Å². The molecule has 0 saturated heterocycles. The van der Waals surface area contributed by atoms with Crippen molar-refractivity contribution in [2.24, 2.45) is 0 Å². The minimum atomic E-state index is -0.233. The van der Waals surface area contributed by atoms with Gasteiger partial charge in [0.05, 0.1) is 13.2 Å². The second-order valence-corrected chi connectivity index (χ2v) is 7.76. The highest BCUT2D eigenvalue weighted by Gasteiger charge is 2.14. The average Bonchev–Trinajstić information content (AvgIpc) is 2.74. The van der Waals surface area contributed by atoms with Gasteiger partial charge in [-0.1, -0.05) is 36.4 Å². The second kappa shape index (κ2) is 10.4. The molecule has 0 radical (unpaired) electrons. The zero-order valence-electron chi connectivity index (χ0n) is 16.9. The predicted molar refractivity (Wildman–Crippen MR) is 126 cm³/mol. The van der Waals surface area contributed by atoms with Crippen molar-refractivity contribution in [3.8, 4) is 22.3 Å². The maximum absolute atomic E-state index is 15.1. The Bertz CT molecular complexity index is 944. The molecule has 3 aromatic carbocycles. The molecule has 2 unspecified atom stereocenters. The monoisotopic (exact) mass is 428 g/mol. The minimum absolute atomic E-state index is 0.233. The Morgan fingerprint density at radius 2 is 1.31 bits per heavy atom. The summed E-state index contributed by atoms with van der Waals surface area (Å²) in [6, 6.07) is 17.7. The molecular weight excluding hydrogens is 401 g/mol. The summed E-state index contributed by atoms with van der Waals surface area (Å²) in [7, 11) is 8.82. The molecular formula is C24H27FO2P2. The number of hydrogen-bond donors (Lipinski definition) is 0. The van der Waals surface area contributed by atoms with Crippen LogP contribution in [0.4, 0.5) is 4.39 Å². The summed E-state index contributed by atoms with van der Waals surface area (Å²) in [5.74, 6) is -0.233. The number of hydrogen-bond acceptors (Lipinski definition) is 2. The normalized spacial score (nSPS) is 11.1. The Kier molecular flexibility index (Phi) is 7.92. The lowest BCUT2D eigenvalue weighted by Crippen LogP contribution is -2.02. The first-order chi connectivity index (χ1) is 14.1. The molecule has 0 fully saturated rings. The molecule has 0 saturated carbocycles. The standard InChI is InChI=1S/C24H27FO2P2/c1-26-12-20-9-19(10-21(13-27-2)23(20)15-29)22-8-7-18(11-24(22)25)17-5-3-16(14-28)4-6-17/h3-11H,12-15,28-29H2,1-2H3. The lowest BCUT2D eigenvalue weighted by Gasteiger charge is -2.16. The third-order valence-electron chi connectivity index (χ3n) is 5.04. The van der Waals surface area contributed by atoms with Gasteiger partial charge in [0.1, 0.15) is 5.82 Å². The SMILES string of the molecule is COCc1cc(-c2ccc(-c3ccc(CP)cc3)cc2F)cc(COC)c1CP. The fourth-order valence-electron chi connectivity index (χ4n) is 3.55. The summed E-state index contributed by atoms with van der Waals surface area (Å²) in [4.78, 5) is 0. The van der Waals surface area contributed by atoms with E-state index in [9.17, 15) is 0 Å². The van der Waals surface area contributed by atoms with Gasteiger partial charge in [-0.15, -0.1) is 18.5 Å². The molecule has 0 aromatic heterocycles. The molecule has 0 aliphatic carbocycles. The number of methoxy groups -OCH3 is 2. The molecule has 0 aliphatic heterocycles. The van der Waals surface area contributed by atoms with Gasteiger partial charge >= 0.3 is 0 Å². The Labute approximate surface area is 177 Å². The van der Waals surface area contributed by atoms with Crippen molar-refractivity contribution in [3.63, 3.8) is 0 Å². The third-order valence-corrected chi connectivity index (χ3v) is 5.92. The van der Waals surface area contributed by atoms with E-state index >= 15 is 4.39 Å². The molecule has 29 heavy (non-hydrogen) atoms. The summed E-state index contributed by atoms with van der Waals surface area (Å²) in [5.41, 5.74) is 7.84. The van der Waals surface area contributed by atoms with E-state index in [-0.39, 0.29) is 5.82 Å². The van der Waals surface area contributed by atoms with Crippen LogP contribution in [-0.4, -0.2) is 14.2 Å². The Hall–Kier alpha value is -1.63. The van der Waals surface area contributed by atoms with Crippen LogP contribution in [0.5, 0.6) is 0 Å². The van der Waals surface area contributed by atoms with Crippen molar-refractivity contribution in [3.05, 3.63) is 82.7 Å². The summed E-state index contributed by atoms with van der Waals surface area (Å²) in [6.45, 7) is 0.964. The lowest BCUT2D eigenvalue weighted by atomic mass is 9.93. The van der Waals surface area contributed by atoms with Crippen LogP contribution in [0.1, 0.15) is 22.3 Å². The fraction of sp³-hybridized carbons (Fsp3) is 0.250. The zero-order chi connectivity index (χ0) is 20.8. The topological polar surface area (TPSA) is 18.5 Å². The van der Waals surface area contributed by atoms with Crippen LogP contribution in [0.2, 0.25) is 0 Å². The van der Waals surface area contributed by atoms with E-state index in [4.69, 9.17) is 9.47 Å². The maximum atomic E-state index is 15.1. The third kappa shape index (κ3) is 5.11. The highest BCUT2D eigenvalue weighted by atomic mass is 31.0. The van der Waals surface area contributed by atoms with Crippen LogP contribution in [-0.2, 0) is 35.0 Å². The largest absolute Gasteiger partial charge is 0.380 e. The first-order valence-corrected chi connectivity index (χ1v) is 11.2. The zero-order valence-corrected chi connectivity index (χ0v) is 19.2. The second-order valence-electron chi connectivity index (χ2n) is 6.94. The van der Waals surface area contributed by atoms with Crippen LogP contribution < -0.4 is 0 Å². The van der Waals surface area contributed by atoms with E-state index < -0.39 is 0 Å². The maximum Gasteiger partial charge on any atom is 0.131 e. The van der Waals surface area contributed by atoms with Crippen LogP contribution in [0.3, 0.4) is 0 Å². The van der Waals surface area contributed by atoms with Crippen LogP contribution in [0.15, 0.2) is 54.6 Å². The quantitative estimate of drug-likeness (QED) is 0.398. The highest BCUT2D eigenvalue weighted by molar-refractivity contribution is 7.15. The van der Waals surface area contributed by atoms with E-state index in [1.807, 2.05) is 36.4 Å². The number of ether oxygens (including phenoxy) is 2. The van der Waals surface area contributed by atoms with E-state index in [0.29, 0.717) is 18.8 Å². The molecule has 0 spiro atoms. The van der Waals surface area contributed by atoms with Crippen molar-refractivity contribution in [2.45, 2.75) is 25.5 Å². The first-order valence-electron chi connectivity index (χ1n) is 9.53. The van der Waals surface area contributed by atoms with Gasteiger partial charge in [0, 0.05) is 19.8 Å². The fourth-order valence-corrected chi connectivity index (χ4v) is 4.34. The van der Waals surface area contributed by atoms with Crippen molar-refractivity contribution in [1.29, 1.82) is 0 Å². The van der Waals surface area contributed by atoms with E-state index in [0.717, 1.165) is 40.1 Å². The smallest absolute Gasteiger partial charge is 0.131 e. The summed E-state index contributed by atoms with van der Waals surface area (Å²) in [5, 5.41) is 0. The van der Waals surface area contributed by atoms with E-state index in [1.54, 1.807) is 20.3 Å². The first kappa shape index (κ1) is 22.1. The predicted octanol–water partition coefficient (Wildman–Crippen LogP) is 6.20. The van der Waals surface area contributed by atoms with Gasteiger partial charge in [0.2, 0.25) is 0 Å². The number of halogens is 1. The molecule has 0 amide bonds. The summed E-state index contributed by atoms with van der Waals surface area (Å²) < 4.78 is 25.9. The molecule has 3 rings (SSSR count). The number of rotatable bonds is 8. The Morgan fingerprint density at radius 1 is 0.724 bits per heavy atom. The van der Waals surface area contributed by atoms with Crippen LogP contribution in [0.25, 0.3) is 22.3 Å². The van der Waals surface area contributed by atoms with E-state index in [1.165, 1.54) is 11.1 Å². The molecule has 0 bridgehead atoms. The average molecular weight is 428 g/mol. The Balaban J connectivity index is 2.03. The van der Waals surface area contributed by atoms with Crippen molar-refractivity contribution in [2.75, 3.05) is 14.2 Å². The van der Waals surface area contributed by atoms with Gasteiger partial charge in [-0.05, 0) is 69.5 Å². The summed E-state index contributed by atoms with van der Waals surface area (Å²) in [6.07, 6.45) is 1.71. The summed E-state index contributed by atoms with van der Waals surface area (Å²) >= 11 is 0. The van der Waals surface area contributed by atoms with Gasteiger partial charge in [0.15, 0.2) is 0 Å². The van der Waals surface area contributed by atoms with Gasteiger partial charge < -0.3 is 9.47 Å². The molecule has 2 nitrogen and oxygen atoms in total. The molecule has 152 valence electrons. The molecule has 0 N–H and O–H groups in total. The minimum Gasteiger partial charge on any atom is -0.380 e. The van der Waals surface area contributed by atoms with Crippen molar-refractivity contribution < 1.29 is 13.9 Å². The van der Waals surface area contributed by atoms with Crippen LogP contribution >= 0.6 is 18.5 Å². The van der Waals surface area contributed by atoms with Gasteiger partial charge in [-0.2, -0.15) is 0 Å². The Morgan fingerprint density at radius 3 is 1.79 bits per heavy atom. The molecule has 0 heterocycles. The van der Waals surface area contributed by atoms with Crippen molar-refractivity contribution >= 4 is 18.5 Å². The van der Waals surface area contributed by atoms with Crippen LogP contribution in [0, 0.1) is 5.82 Å². The van der Waals surface area contributed by atoms with Gasteiger partial charge in [-0.3, -0.25) is 0 Å². The van der Waals surface area contributed by atoms with Gasteiger partial charge in [-0.25, -0.2) is 4.39 Å².